The van der Waals surface area contributed by atoms with Crippen molar-refractivity contribution in [3.8, 4) is 0 Å². The molecule has 2 N–H and O–H groups in total. The molecule has 0 radical (unpaired) electrons. The Morgan fingerprint density at radius 1 is 1.36 bits per heavy atom. The molecule has 0 saturated carbocycles. The molecule has 0 amide bonds. The number of nitrogens with zero attached hydrogens (tertiary/aromatic N) is 3. The number of fused-ring (bicyclic) bond motifs is 2. The first-order valence-electron chi connectivity index (χ1n) is 9.99. The van der Waals surface area contributed by atoms with E-state index in [0.717, 1.165) is 52.2 Å². The maximum Gasteiger partial charge on any atom is 0.127 e. The first-order valence-corrected chi connectivity index (χ1v) is 13.1. The van der Waals surface area contributed by atoms with Gasteiger partial charge in [-0.1, -0.05) is 32.0 Å². The Balaban J connectivity index is 1.56. The molecule has 5 unspecified atom stereocenters. The minimum Gasteiger partial charge on any atom is -0.295 e. The molecule has 1 saturated heterocycles. The number of hydrogen-bond donors (Lipinski definition) is 2. The summed E-state index contributed by atoms with van der Waals surface area (Å²) < 4.78 is 16.3. The van der Waals surface area contributed by atoms with E-state index >= 15 is 0 Å². The van der Waals surface area contributed by atoms with Crippen molar-refractivity contribution in [2.24, 2.45) is 5.92 Å². The standard InChI is InChI=1S/C19H25N5OS3/c1-3-5-8-28(25)19-16-15-11(13-10-21-14(4-2)24(13)23-16)9-12(22-18(15)27-19)17-20-6-7-26-17/h6-7,10-12,15,18,22-23H,3-5,8-9H2,1-2H3. The van der Waals surface area contributed by atoms with Gasteiger partial charge in [-0.2, -0.15) is 0 Å². The van der Waals surface area contributed by atoms with Crippen molar-refractivity contribution in [3.63, 3.8) is 0 Å². The summed E-state index contributed by atoms with van der Waals surface area (Å²) in [6.45, 7) is 4.28. The van der Waals surface area contributed by atoms with E-state index in [-0.39, 0.29) is 11.4 Å². The molecule has 3 aliphatic rings. The second kappa shape index (κ2) is 7.59. The molecule has 5 heterocycles. The third kappa shape index (κ3) is 2.98. The molecule has 0 aliphatic carbocycles. The molecule has 1 fully saturated rings. The lowest BCUT2D eigenvalue weighted by molar-refractivity contribution is 0.265. The number of aromatic nitrogens is 3. The smallest absolute Gasteiger partial charge is 0.127 e. The monoisotopic (exact) mass is 435 g/mol. The summed E-state index contributed by atoms with van der Waals surface area (Å²) in [5, 5.41) is 7.21. The first-order chi connectivity index (χ1) is 13.7. The number of thioether (sulfide) groups is 1. The van der Waals surface area contributed by atoms with Gasteiger partial charge in [0, 0.05) is 35.6 Å². The third-order valence-electron chi connectivity index (χ3n) is 5.83. The number of rotatable bonds is 6. The lowest BCUT2D eigenvalue weighted by atomic mass is 9.78. The SMILES string of the molecule is CCCCS(=O)C1=C2Nn3c(cnc3CC)C3CC(c4nccs4)NC(S1)C23. The molecule has 2 aromatic rings. The normalized spacial score (nSPS) is 29.4. The van der Waals surface area contributed by atoms with Crippen LogP contribution in [-0.2, 0) is 17.2 Å². The summed E-state index contributed by atoms with van der Waals surface area (Å²) in [6, 6.07) is 0.231. The van der Waals surface area contributed by atoms with E-state index in [9.17, 15) is 4.21 Å². The van der Waals surface area contributed by atoms with Crippen LogP contribution >= 0.6 is 23.1 Å². The van der Waals surface area contributed by atoms with Gasteiger partial charge in [0.1, 0.15) is 10.8 Å². The lowest BCUT2D eigenvalue weighted by Gasteiger charge is -2.42. The number of hydrogen-bond acceptors (Lipinski definition) is 7. The molecule has 0 aromatic carbocycles. The first kappa shape index (κ1) is 18.8. The Bertz CT molecular complexity index is 922. The van der Waals surface area contributed by atoms with Gasteiger partial charge in [0.2, 0.25) is 0 Å². The summed E-state index contributed by atoms with van der Waals surface area (Å²) in [6.07, 6.45) is 7.84. The van der Waals surface area contributed by atoms with Crippen LogP contribution in [0.4, 0.5) is 0 Å². The molecular weight excluding hydrogens is 410 g/mol. The topological polar surface area (TPSA) is 71.8 Å². The molecule has 0 spiro atoms. The van der Waals surface area contributed by atoms with Crippen LogP contribution in [0.5, 0.6) is 0 Å². The summed E-state index contributed by atoms with van der Waals surface area (Å²) in [5.74, 6) is 2.45. The van der Waals surface area contributed by atoms with Crippen LogP contribution in [-0.4, -0.2) is 30.0 Å². The fraction of sp³-hybridized carbons (Fsp3) is 0.579. The molecule has 9 heteroatoms. The van der Waals surface area contributed by atoms with Crippen molar-refractivity contribution in [3.05, 3.63) is 44.2 Å². The summed E-state index contributed by atoms with van der Waals surface area (Å²) in [5.41, 5.74) is 6.01. The van der Waals surface area contributed by atoms with Gasteiger partial charge in [0.25, 0.3) is 0 Å². The third-order valence-corrected chi connectivity index (χ3v) is 9.98. The Hall–Kier alpha value is -1.16. The van der Waals surface area contributed by atoms with Crippen LogP contribution in [0, 0.1) is 5.92 Å². The van der Waals surface area contributed by atoms with Crippen molar-refractivity contribution in [1.82, 2.24) is 20.0 Å². The number of nitrogens with one attached hydrogen (secondary N) is 2. The number of unbranched alkanes of at least 4 members (excludes halogenated alkanes) is 1. The molecule has 3 aliphatic heterocycles. The number of piperidine rings is 1. The predicted molar refractivity (Wildman–Crippen MR) is 116 cm³/mol. The van der Waals surface area contributed by atoms with E-state index < -0.39 is 10.8 Å². The van der Waals surface area contributed by atoms with Crippen LogP contribution in [0.1, 0.15) is 61.6 Å². The average Bonchev–Trinajstić information content (AvgIpc) is 3.45. The molecule has 2 aromatic heterocycles. The lowest BCUT2D eigenvalue weighted by Crippen LogP contribution is -2.48. The zero-order valence-electron chi connectivity index (χ0n) is 16.1. The van der Waals surface area contributed by atoms with E-state index in [1.807, 2.05) is 17.8 Å². The van der Waals surface area contributed by atoms with E-state index in [4.69, 9.17) is 0 Å². The van der Waals surface area contributed by atoms with Crippen molar-refractivity contribution < 1.29 is 4.21 Å². The van der Waals surface area contributed by atoms with Gasteiger partial charge in [-0.05, 0) is 12.8 Å². The summed E-state index contributed by atoms with van der Waals surface area (Å²) >= 11 is 3.48. The summed E-state index contributed by atoms with van der Waals surface area (Å²) in [4.78, 5) is 9.23. The van der Waals surface area contributed by atoms with E-state index in [0.29, 0.717) is 11.8 Å². The highest BCUT2D eigenvalue weighted by Crippen LogP contribution is 2.55. The highest BCUT2D eigenvalue weighted by molar-refractivity contribution is 8.17. The van der Waals surface area contributed by atoms with Crippen LogP contribution in [0.25, 0.3) is 0 Å². The van der Waals surface area contributed by atoms with Gasteiger partial charge in [0.05, 0.1) is 44.0 Å². The van der Waals surface area contributed by atoms with E-state index in [2.05, 4.69) is 39.2 Å². The highest BCUT2D eigenvalue weighted by Gasteiger charge is 2.51. The van der Waals surface area contributed by atoms with E-state index in [1.165, 1.54) is 5.69 Å². The zero-order chi connectivity index (χ0) is 19.3. The van der Waals surface area contributed by atoms with Gasteiger partial charge in [-0.25, -0.2) is 14.6 Å². The number of aryl methyl sites for hydroxylation is 1. The fourth-order valence-corrected chi connectivity index (χ4v) is 8.58. The van der Waals surface area contributed by atoms with Gasteiger partial charge >= 0.3 is 0 Å². The van der Waals surface area contributed by atoms with Crippen molar-refractivity contribution in [1.29, 1.82) is 0 Å². The van der Waals surface area contributed by atoms with Crippen LogP contribution < -0.4 is 10.7 Å². The van der Waals surface area contributed by atoms with Crippen LogP contribution in [0.15, 0.2) is 27.7 Å². The van der Waals surface area contributed by atoms with Crippen LogP contribution in [0.3, 0.4) is 0 Å². The molecule has 6 nitrogen and oxygen atoms in total. The Morgan fingerprint density at radius 2 is 2.25 bits per heavy atom. The van der Waals surface area contributed by atoms with Crippen molar-refractivity contribution in [2.75, 3.05) is 11.2 Å². The Labute approximate surface area is 176 Å². The van der Waals surface area contributed by atoms with E-state index in [1.54, 1.807) is 23.1 Å². The maximum absolute atomic E-state index is 13.1. The van der Waals surface area contributed by atoms with Crippen molar-refractivity contribution in [2.45, 2.75) is 56.9 Å². The van der Waals surface area contributed by atoms with Gasteiger partial charge in [-0.3, -0.25) is 15.0 Å². The second-order valence-electron chi connectivity index (χ2n) is 7.50. The minimum absolute atomic E-state index is 0.226. The van der Waals surface area contributed by atoms with Gasteiger partial charge in [0.15, 0.2) is 0 Å². The fourth-order valence-electron chi connectivity index (χ4n) is 4.47. The maximum atomic E-state index is 13.1. The molecule has 150 valence electrons. The zero-order valence-corrected chi connectivity index (χ0v) is 18.5. The molecule has 5 rings (SSSR count). The Kier molecular flexibility index (Phi) is 5.11. The molecule has 28 heavy (non-hydrogen) atoms. The predicted octanol–water partition coefficient (Wildman–Crippen LogP) is 3.68. The summed E-state index contributed by atoms with van der Waals surface area (Å²) in [7, 11) is -0.951. The minimum atomic E-state index is -0.951. The van der Waals surface area contributed by atoms with Crippen LogP contribution in [0.2, 0.25) is 0 Å². The molecule has 5 atom stereocenters. The molecule has 0 bridgehead atoms. The van der Waals surface area contributed by atoms with Gasteiger partial charge in [-0.15, -0.1) is 11.3 Å². The van der Waals surface area contributed by atoms with Gasteiger partial charge < -0.3 is 0 Å². The number of thiazole rings is 1. The number of imidazole rings is 1. The average molecular weight is 436 g/mol. The second-order valence-corrected chi connectivity index (χ2v) is 11.3. The van der Waals surface area contributed by atoms with Crippen molar-refractivity contribution >= 4 is 33.9 Å². The highest BCUT2D eigenvalue weighted by atomic mass is 32.2. The Morgan fingerprint density at radius 3 is 3.00 bits per heavy atom. The quantitative estimate of drug-likeness (QED) is 0.721. The largest absolute Gasteiger partial charge is 0.295 e. The molecular formula is C19H25N5OS3.